The van der Waals surface area contributed by atoms with Crippen LogP contribution in [0.3, 0.4) is 0 Å². The second-order valence-corrected chi connectivity index (χ2v) is 3.35. The second kappa shape index (κ2) is 4.04. The molecule has 0 amide bonds. The van der Waals surface area contributed by atoms with Crippen LogP contribution in [0, 0.1) is 0 Å². The number of ether oxygens (including phenoxy) is 1. The fourth-order valence-electron chi connectivity index (χ4n) is 0.672. The molecule has 0 saturated heterocycles. The van der Waals surface area contributed by atoms with E-state index in [1.54, 1.807) is 18.4 Å². The summed E-state index contributed by atoms with van der Waals surface area (Å²) >= 11 is 7.18. The van der Waals surface area contributed by atoms with Crippen LogP contribution >= 0.6 is 22.9 Å². The largest absolute Gasteiger partial charge is 0.375 e. The molecule has 0 aliphatic rings. The average Bonchev–Trinajstić information content (AvgIpc) is 2.50. The van der Waals surface area contributed by atoms with Crippen LogP contribution < -0.4 is 0 Å². The summed E-state index contributed by atoms with van der Waals surface area (Å²) in [4.78, 5) is 4.26. The molecule has 0 bridgehead atoms. The molecule has 0 N–H and O–H groups in total. The summed E-state index contributed by atoms with van der Waals surface area (Å²) in [5, 5.41) is 2.95. The zero-order chi connectivity index (χ0) is 8.27. The summed E-state index contributed by atoms with van der Waals surface area (Å²) in [6, 6.07) is 0. The zero-order valence-corrected chi connectivity index (χ0v) is 8.08. The minimum Gasteiger partial charge on any atom is -0.375 e. The lowest BCUT2D eigenvalue weighted by Crippen LogP contribution is -1.94. The third kappa shape index (κ3) is 2.15. The maximum atomic E-state index is 5.59. The van der Waals surface area contributed by atoms with Crippen LogP contribution in [-0.2, 0) is 10.6 Å². The SMILES string of the molecule is CO[C@H](C)c1nc(CCl)cs1. The van der Waals surface area contributed by atoms with Gasteiger partial charge in [0.15, 0.2) is 0 Å². The van der Waals surface area contributed by atoms with Gasteiger partial charge in [0.05, 0.1) is 11.6 Å². The van der Waals surface area contributed by atoms with Gasteiger partial charge in [-0.15, -0.1) is 22.9 Å². The standard InChI is InChI=1S/C7H10ClNOS/c1-5(10-2)7-9-6(3-8)4-11-7/h4-5H,3H2,1-2H3/t5-/m1/s1. The van der Waals surface area contributed by atoms with Crippen LogP contribution in [0.25, 0.3) is 0 Å². The molecule has 1 heterocycles. The molecule has 11 heavy (non-hydrogen) atoms. The van der Waals surface area contributed by atoms with Crippen LogP contribution in [0.15, 0.2) is 5.38 Å². The van der Waals surface area contributed by atoms with Gasteiger partial charge in [0, 0.05) is 12.5 Å². The second-order valence-electron chi connectivity index (χ2n) is 2.19. The Bertz CT molecular complexity index is 226. The Balaban J connectivity index is 2.71. The summed E-state index contributed by atoms with van der Waals surface area (Å²) in [5.74, 6) is 0.479. The summed E-state index contributed by atoms with van der Waals surface area (Å²) in [6.45, 7) is 1.97. The van der Waals surface area contributed by atoms with E-state index in [1.165, 1.54) is 0 Å². The minimum absolute atomic E-state index is 0.0805. The van der Waals surface area contributed by atoms with Gasteiger partial charge in [-0.1, -0.05) is 0 Å². The molecule has 1 atom stereocenters. The van der Waals surface area contributed by atoms with Gasteiger partial charge in [0.25, 0.3) is 0 Å². The number of thiazole rings is 1. The van der Waals surface area contributed by atoms with Crippen molar-refractivity contribution in [3.63, 3.8) is 0 Å². The van der Waals surface area contributed by atoms with Crippen LogP contribution in [0.4, 0.5) is 0 Å². The monoisotopic (exact) mass is 191 g/mol. The maximum Gasteiger partial charge on any atom is 0.122 e. The molecule has 2 nitrogen and oxygen atoms in total. The molecule has 1 rings (SSSR count). The van der Waals surface area contributed by atoms with Crippen molar-refractivity contribution in [2.24, 2.45) is 0 Å². The topological polar surface area (TPSA) is 22.1 Å². The van der Waals surface area contributed by atoms with Crippen molar-refractivity contribution in [2.75, 3.05) is 7.11 Å². The first-order chi connectivity index (χ1) is 5.27. The van der Waals surface area contributed by atoms with Gasteiger partial charge >= 0.3 is 0 Å². The molecule has 0 fully saturated rings. The fraction of sp³-hybridized carbons (Fsp3) is 0.571. The number of hydrogen-bond acceptors (Lipinski definition) is 3. The smallest absolute Gasteiger partial charge is 0.122 e. The highest BCUT2D eigenvalue weighted by Gasteiger charge is 2.07. The zero-order valence-electron chi connectivity index (χ0n) is 6.50. The predicted molar refractivity (Wildman–Crippen MR) is 47.1 cm³/mol. The fourth-order valence-corrected chi connectivity index (χ4v) is 1.75. The van der Waals surface area contributed by atoms with Gasteiger partial charge in [-0.2, -0.15) is 0 Å². The highest BCUT2D eigenvalue weighted by Crippen LogP contribution is 2.20. The van der Waals surface area contributed by atoms with E-state index >= 15 is 0 Å². The van der Waals surface area contributed by atoms with Gasteiger partial charge < -0.3 is 4.74 Å². The summed E-state index contributed by atoms with van der Waals surface area (Å²) in [5.41, 5.74) is 0.926. The molecule has 0 radical (unpaired) electrons. The van der Waals surface area contributed by atoms with Gasteiger partial charge in [0.2, 0.25) is 0 Å². The van der Waals surface area contributed by atoms with Crippen molar-refractivity contribution >= 4 is 22.9 Å². The number of methoxy groups -OCH3 is 1. The Labute approximate surface area is 75.2 Å². The maximum absolute atomic E-state index is 5.59. The normalized spacial score (nSPS) is 13.4. The first-order valence-electron chi connectivity index (χ1n) is 3.31. The lowest BCUT2D eigenvalue weighted by Gasteiger charge is -2.03. The summed E-state index contributed by atoms with van der Waals surface area (Å²) < 4.78 is 5.10. The summed E-state index contributed by atoms with van der Waals surface area (Å²) in [6.07, 6.45) is 0.0805. The Morgan fingerprint density at radius 2 is 2.55 bits per heavy atom. The molecular formula is C7H10ClNOS. The lowest BCUT2D eigenvalue weighted by molar-refractivity contribution is 0.119. The molecule has 0 aliphatic heterocycles. The number of hydrogen-bond donors (Lipinski definition) is 0. The Hall–Kier alpha value is -0.120. The van der Waals surface area contributed by atoms with Gasteiger partial charge in [0.1, 0.15) is 11.1 Å². The van der Waals surface area contributed by atoms with Crippen molar-refractivity contribution in [2.45, 2.75) is 18.9 Å². The third-order valence-corrected chi connectivity index (χ3v) is 2.74. The van der Waals surface area contributed by atoms with E-state index in [9.17, 15) is 0 Å². The van der Waals surface area contributed by atoms with E-state index in [0.717, 1.165) is 10.7 Å². The highest BCUT2D eigenvalue weighted by molar-refractivity contribution is 7.09. The van der Waals surface area contributed by atoms with Gasteiger partial charge in [-0.05, 0) is 6.92 Å². The molecule has 4 heteroatoms. The summed E-state index contributed by atoms with van der Waals surface area (Å²) in [7, 11) is 1.67. The Morgan fingerprint density at radius 3 is 3.00 bits per heavy atom. The molecule has 62 valence electrons. The van der Waals surface area contributed by atoms with Crippen LogP contribution in [-0.4, -0.2) is 12.1 Å². The quantitative estimate of drug-likeness (QED) is 0.686. The van der Waals surface area contributed by atoms with Crippen molar-refractivity contribution in [3.05, 3.63) is 16.1 Å². The first-order valence-corrected chi connectivity index (χ1v) is 4.72. The van der Waals surface area contributed by atoms with E-state index in [2.05, 4.69) is 4.98 Å². The molecule has 0 spiro atoms. The van der Waals surface area contributed by atoms with Crippen molar-refractivity contribution < 1.29 is 4.74 Å². The minimum atomic E-state index is 0.0805. The molecule has 0 aliphatic carbocycles. The van der Waals surface area contributed by atoms with Crippen molar-refractivity contribution in [1.29, 1.82) is 0 Å². The van der Waals surface area contributed by atoms with Crippen molar-refractivity contribution in [3.8, 4) is 0 Å². The van der Waals surface area contributed by atoms with E-state index < -0.39 is 0 Å². The van der Waals surface area contributed by atoms with E-state index in [4.69, 9.17) is 16.3 Å². The molecule has 0 unspecified atom stereocenters. The van der Waals surface area contributed by atoms with Gasteiger partial charge in [-0.25, -0.2) is 4.98 Å². The molecular weight excluding hydrogens is 182 g/mol. The predicted octanol–water partition coefficient (Wildman–Crippen LogP) is 2.59. The molecule has 0 saturated carbocycles. The van der Waals surface area contributed by atoms with E-state index in [1.807, 2.05) is 12.3 Å². The number of aromatic nitrogens is 1. The van der Waals surface area contributed by atoms with Crippen LogP contribution in [0.5, 0.6) is 0 Å². The number of nitrogens with zero attached hydrogens (tertiary/aromatic N) is 1. The van der Waals surface area contributed by atoms with Gasteiger partial charge in [-0.3, -0.25) is 0 Å². The lowest BCUT2D eigenvalue weighted by atomic mass is 10.4. The first kappa shape index (κ1) is 8.97. The number of rotatable bonds is 3. The Kier molecular flexibility index (Phi) is 3.30. The molecule has 1 aromatic rings. The average molecular weight is 192 g/mol. The van der Waals surface area contributed by atoms with E-state index in [0.29, 0.717) is 5.88 Å². The van der Waals surface area contributed by atoms with Crippen LogP contribution in [0.1, 0.15) is 23.7 Å². The third-order valence-electron chi connectivity index (χ3n) is 1.41. The number of halogens is 1. The van der Waals surface area contributed by atoms with E-state index in [-0.39, 0.29) is 6.10 Å². The molecule has 1 aromatic heterocycles. The van der Waals surface area contributed by atoms with Crippen molar-refractivity contribution in [1.82, 2.24) is 4.98 Å². The molecule has 0 aromatic carbocycles. The van der Waals surface area contributed by atoms with Crippen LogP contribution in [0.2, 0.25) is 0 Å². The highest BCUT2D eigenvalue weighted by atomic mass is 35.5. The Morgan fingerprint density at radius 1 is 1.82 bits per heavy atom. The number of alkyl halides is 1.